The fourth-order valence-corrected chi connectivity index (χ4v) is 1.07. The SMILES string of the molecule is C[C@H](N)c1cc2ncccn2n1. The molecule has 4 nitrogen and oxygen atoms in total. The zero-order chi connectivity index (χ0) is 8.55. The van der Waals surface area contributed by atoms with E-state index in [-0.39, 0.29) is 6.04 Å². The van der Waals surface area contributed by atoms with Gasteiger partial charge < -0.3 is 5.73 Å². The summed E-state index contributed by atoms with van der Waals surface area (Å²) in [5.41, 5.74) is 7.38. The Balaban J connectivity index is 2.62. The Labute approximate surface area is 70.0 Å². The third-order valence-electron chi connectivity index (χ3n) is 1.72. The van der Waals surface area contributed by atoms with Crippen LogP contribution in [0.4, 0.5) is 0 Å². The predicted molar refractivity (Wildman–Crippen MR) is 45.6 cm³/mol. The van der Waals surface area contributed by atoms with Crippen molar-refractivity contribution in [3.05, 3.63) is 30.2 Å². The van der Waals surface area contributed by atoms with Gasteiger partial charge in [0.05, 0.1) is 5.69 Å². The van der Waals surface area contributed by atoms with E-state index in [2.05, 4.69) is 10.1 Å². The second kappa shape index (κ2) is 2.57. The maximum atomic E-state index is 5.67. The third kappa shape index (κ3) is 1.06. The molecule has 0 amide bonds. The monoisotopic (exact) mass is 162 g/mol. The van der Waals surface area contributed by atoms with E-state index in [9.17, 15) is 0 Å². The molecule has 0 aromatic carbocycles. The molecule has 2 aromatic rings. The largest absolute Gasteiger partial charge is 0.323 e. The molecule has 4 heteroatoms. The number of hydrogen-bond acceptors (Lipinski definition) is 3. The fourth-order valence-electron chi connectivity index (χ4n) is 1.07. The second-order valence-corrected chi connectivity index (χ2v) is 2.78. The van der Waals surface area contributed by atoms with Gasteiger partial charge in [-0.15, -0.1) is 0 Å². The average Bonchev–Trinajstić information content (AvgIpc) is 2.46. The molecule has 62 valence electrons. The van der Waals surface area contributed by atoms with Crippen molar-refractivity contribution in [3.8, 4) is 0 Å². The Morgan fingerprint density at radius 2 is 2.42 bits per heavy atom. The molecule has 12 heavy (non-hydrogen) atoms. The molecule has 2 rings (SSSR count). The number of fused-ring (bicyclic) bond motifs is 1. The van der Waals surface area contributed by atoms with E-state index in [0.29, 0.717) is 0 Å². The normalized spacial score (nSPS) is 13.5. The van der Waals surface area contributed by atoms with Crippen LogP contribution in [0.5, 0.6) is 0 Å². The standard InChI is InChI=1S/C8H10N4/c1-6(9)7-5-8-10-3-2-4-12(8)11-7/h2-6H,9H2,1H3/t6-/m0/s1. The summed E-state index contributed by atoms with van der Waals surface area (Å²) in [6.07, 6.45) is 3.59. The molecule has 0 saturated heterocycles. The minimum Gasteiger partial charge on any atom is -0.323 e. The zero-order valence-electron chi connectivity index (χ0n) is 6.81. The van der Waals surface area contributed by atoms with Crippen LogP contribution in [0.1, 0.15) is 18.7 Å². The fraction of sp³-hybridized carbons (Fsp3) is 0.250. The molecule has 0 aliphatic carbocycles. The highest BCUT2D eigenvalue weighted by Gasteiger charge is 2.04. The summed E-state index contributed by atoms with van der Waals surface area (Å²) in [6, 6.07) is 3.70. The Morgan fingerprint density at radius 1 is 1.58 bits per heavy atom. The van der Waals surface area contributed by atoms with Crippen molar-refractivity contribution >= 4 is 5.65 Å². The summed E-state index contributed by atoms with van der Waals surface area (Å²) in [5.74, 6) is 0. The van der Waals surface area contributed by atoms with Crippen molar-refractivity contribution in [2.45, 2.75) is 13.0 Å². The highest BCUT2D eigenvalue weighted by Crippen LogP contribution is 2.08. The molecule has 0 bridgehead atoms. The van der Waals surface area contributed by atoms with Gasteiger partial charge in [-0.1, -0.05) is 0 Å². The smallest absolute Gasteiger partial charge is 0.155 e. The molecule has 0 radical (unpaired) electrons. The Hall–Kier alpha value is -1.42. The van der Waals surface area contributed by atoms with Gasteiger partial charge in [0.1, 0.15) is 0 Å². The van der Waals surface area contributed by atoms with Crippen LogP contribution in [0.2, 0.25) is 0 Å². The molecule has 1 atom stereocenters. The first-order valence-corrected chi connectivity index (χ1v) is 3.83. The minimum absolute atomic E-state index is 0.0355. The number of nitrogens with zero attached hydrogens (tertiary/aromatic N) is 3. The van der Waals surface area contributed by atoms with Crippen molar-refractivity contribution in [1.82, 2.24) is 14.6 Å². The van der Waals surface area contributed by atoms with Crippen LogP contribution in [0.3, 0.4) is 0 Å². The summed E-state index contributed by atoms with van der Waals surface area (Å²) in [6.45, 7) is 1.90. The first-order chi connectivity index (χ1) is 5.77. The Bertz CT molecular complexity index is 358. The second-order valence-electron chi connectivity index (χ2n) is 2.78. The number of rotatable bonds is 1. The van der Waals surface area contributed by atoms with E-state index in [4.69, 9.17) is 5.73 Å². The third-order valence-corrected chi connectivity index (χ3v) is 1.72. The lowest BCUT2D eigenvalue weighted by Crippen LogP contribution is -2.05. The van der Waals surface area contributed by atoms with Crippen molar-refractivity contribution in [1.29, 1.82) is 0 Å². The van der Waals surface area contributed by atoms with E-state index in [1.165, 1.54) is 0 Å². The van der Waals surface area contributed by atoms with E-state index in [0.717, 1.165) is 11.3 Å². The van der Waals surface area contributed by atoms with Gasteiger partial charge in [-0.05, 0) is 13.0 Å². The highest BCUT2D eigenvalue weighted by molar-refractivity contribution is 5.38. The first-order valence-electron chi connectivity index (χ1n) is 3.83. The molecule has 2 heterocycles. The van der Waals surface area contributed by atoms with E-state index in [1.54, 1.807) is 10.7 Å². The minimum atomic E-state index is -0.0355. The van der Waals surface area contributed by atoms with Gasteiger partial charge in [0, 0.05) is 24.5 Å². The van der Waals surface area contributed by atoms with Crippen LogP contribution in [0, 0.1) is 0 Å². The lowest BCUT2D eigenvalue weighted by atomic mass is 10.3. The molecule has 2 aromatic heterocycles. The maximum Gasteiger partial charge on any atom is 0.155 e. The number of nitrogens with two attached hydrogens (primary N) is 1. The lowest BCUT2D eigenvalue weighted by Gasteiger charge is -1.95. The van der Waals surface area contributed by atoms with E-state index in [1.807, 2.05) is 25.3 Å². The maximum absolute atomic E-state index is 5.67. The first kappa shape index (κ1) is 7.24. The van der Waals surface area contributed by atoms with Gasteiger partial charge in [-0.3, -0.25) is 0 Å². The summed E-state index contributed by atoms with van der Waals surface area (Å²) < 4.78 is 1.72. The lowest BCUT2D eigenvalue weighted by molar-refractivity contribution is 0.755. The van der Waals surface area contributed by atoms with Crippen LogP contribution >= 0.6 is 0 Å². The van der Waals surface area contributed by atoms with Gasteiger partial charge in [0.2, 0.25) is 0 Å². The summed E-state index contributed by atoms with van der Waals surface area (Å²) in [5, 5.41) is 4.24. The summed E-state index contributed by atoms with van der Waals surface area (Å²) >= 11 is 0. The van der Waals surface area contributed by atoms with Gasteiger partial charge in [-0.25, -0.2) is 9.50 Å². The average molecular weight is 162 g/mol. The Kier molecular flexibility index (Phi) is 1.55. The Morgan fingerprint density at radius 3 is 3.08 bits per heavy atom. The van der Waals surface area contributed by atoms with E-state index < -0.39 is 0 Å². The van der Waals surface area contributed by atoms with Crippen LogP contribution in [-0.2, 0) is 0 Å². The molecule has 0 aliphatic rings. The summed E-state index contributed by atoms with van der Waals surface area (Å²) in [4.78, 5) is 4.13. The van der Waals surface area contributed by atoms with Crippen LogP contribution in [-0.4, -0.2) is 14.6 Å². The molecular formula is C8H10N4. The van der Waals surface area contributed by atoms with E-state index >= 15 is 0 Å². The van der Waals surface area contributed by atoms with Gasteiger partial charge in [0.15, 0.2) is 5.65 Å². The van der Waals surface area contributed by atoms with Crippen LogP contribution in [0.25, 0.3) is 5.65 Å². The molecular weight excluding hydrogens is 152 g/mol. The van der Waals surface area contributed by atoms with Crippen molar-refractivity contribution in [3.63, 3.8) is 0 Å². The predicted octanol–water partition coefficient (Wildman–Crippen LogP) is 0.749. The topological polar surface area (TPSA) is 56.2 Å². The van der Waals surface area contributed by atoms with Crippen LogP contribution < -0.4 is 5.73 Å². The van der Waals surface area contributed by atoms with Crippen molar-refractivity contribution in [2.75, 3.05) is 0 Å². The molecule has 0 saturated carbocycles. The zero-order valence-corrected chi connectivity index (χ0v) is 6.81. The molecule has 0 aliphatic heterocycles. The van der Waals surface area contributed by atoms with Crippen molar-refractivity contribution in [2.24, 2.45) is 5.73 Å². The van der Waals surface area contributed by atoms with Crippen molar-refractivity contribution < 1.29 is 0 Å². The molecule has 0 spiro atoms. The van der Waals surface area contributed by atoms with Gasteiger partial charge >= 0.3 is 0 Å². The number of aromatic nitrogens is 3. The molecule has 0 unspecified atom stereocenters. The summed E-state index contributed by atoms with van der Waals surface area (Å²) in [7, 11) is 0. The van der Waals surface area contributed by atoms with Gasteiger partial charge in [-0.2, -0.15) is 5.10 Å². The quantitative estimate of drug-likeness (QED) is 0.673. The van der Waals surface area contributed by atoms with Crippen LogP contribution in [0.15, 0.2) is 24.5 Å². The molecule has 2 N–H and O–H groups in total. The molecule has 0 fully saturated rings. The highest BCUT2D eigenvalue weighted by atomic mass is 15.2. The number of hydrogen-bond donors (Lipinski definition) is 1. The van der Waals surface area contributed by atoms with Gasteiger partial charge in [0.25, 0.3) is 0 Å².